The third-order valence-electron chi connectivity index (χ3n) is 4.16. The molecule has 3 nitrogen and oxygen atoms in total. The fourth-order valence-corrected chi connectivity index (χ4v) is 3.38. The largest absolute Gasteiger partial charge is 0.496 e. The van der Waals surface area contributed by atoms with Crippen LogP contribution in [0.15, 0.2) is 24.3 Å². The second-order valence-electron chi connectivity index (χ2n) is 5.10. The Kier molecular flexibility index (Phi) is 1.69. The lowest BCUT2D eigenvalue weighted by molar-refractivity contribution is -0.194. The zero-order valence-electron chi connectivity index (χ0n) is 9.19. The van der Waals surface area contributed by atoms with Gasteiger partial charge in [0.1, 0.15) is 5.75 Å². The minimum Gasteiger partial charge on any atom is -0.496 e. The smallest absolute Gasteiger partial charge is 0.309 e. The van der Waals surface area contributed by atoms with E-state index in [1.54, 1.807) is 7.11 Å². The lowest BCUT2D eigenvalue weighted by atomic mass is 9.33. The Hall–Kier alpha value is -1.51. The molecule has 4 rings (SSSR count). The van der Waals surface area contributed by atoms with E-state index >= 15 is 0 Å². The highest BCUT2D eigenvalue weighted by Crippen LogP contribution is 2.74. The van der Waals surface area contributed by atoms with E-state index in [1.165, 1.54) is 5.56 Å². The minimum atomic E-state index is -0.635. The van der Waals surface area contributed by atoms with E-state index in [2.05, 4.69) is 6.07 Å². The van der Waals surface area contributed by atoms with Crippen LogP contribution >= 0.6 is 0 Å². The van der Waals surface area contributed by atoms with E-state index in [0.29, 0.717) is 0 Å². The highest BCUT2D eigenvalue weighted by atomic mass is 16.5. The van der Waals surface area contributed by atoms with Gasteiger partial charge in [0.2, 0.25) is 0 Å². The molecule has 0 aromatic heterocycles. The van der Waals surface area contributed by atoms with Gasteiger partial charge >= 0.3 is 5.97 Å². The average molecular weight is 218 g/mol. The van der Waals surface area contributed by atoms with Crippen molar-refractivity contribution in [1.82, 2.24) is 0 Å². The van der Waals surface area contributed by atoms with Crippen molar-refractivity contribution in [2.45, 2.75) is 24.7 Å². The Morgan fingerprint density at radius 1 is 1.31 bits per heavy atom. The molecule has 3 heteroatoms. The molecular weight excluding hydrogens is 204 g/mol. The zero-order chi connectivity index (χ0) is 11.4. The monoisotopic (exact) mass is 218 g/mol. The van der Waals surface area contributed by atoms with Crippen molar-refractivity contribution in [2.24, 2.45) is 5.41 Å². The first-order chi connectivity index (χ1) is 7.62. The third kappa shape index (κ3) is 0.958. The molecule has 0 spiro atoms. The molecule has 0 unspecified atom stereocenters. The van der Waals surface area contributed by atoms with Gasteiger partial charge in [-0.25, -0.2) is 0 Å². The van der Waals surface area contributed by atoms with E-state index in [1.807, 2.05) is 18.2 Å². The van der Waals surface area contributed by atoms with Crippen LogP contribution in [-0.2, 0) is 10.2 Å². The highest BCUT2D eigenvalue weighted by Gasteiger charge is 2.72. The van der Waals surface area contributed by atoms with Gasteiger partial charge in [-0.3, -0.25) is 4.79 Å². The molecule has 1 aromatic carbocycles. The van der Waals surface area contributed by atoms with Gasteiger partial charge in [0.05, 0.1) is 12.5 Å². The molecule has 0 aliphatic heterocycles. The van der Waals surface area contributed by atoms with Crippen molar-refractivity contribution in [3.8, 4) is 5.75 Å². The minimum absolute atomic E-state index is 0.0883. The van der Waals surface area contributed by atoms with Gasteiger partial charge in [-0.05, 0) is 25.3 Å². The maximum Gasteiger partial charge on any atom is 0.309 e. The molecule has 0 heterocycles. The quantitative estimate of drug-likeness (QED) is 0.846. The number of carbonyl (C=O) groups is 1. The van der Waals surface area contributed by atoms with Crippen LogP contribution in [0.1, 0.15) is 24.8 Å². The maximum atomic E-state index is 11.0. The molecule has 0 atom stereocenters. The summed E-state index contributed by atoms with van der Waals surface area (Å²) in [5.74, 6) is 0.255. The van der Waals surface area contributed by atoms with Crippen LogP contribution in [0.25, 0.3) is 0 Å². The Labute approximate surface area is 94.0 Å². The Morgan fingerprint density at radius 3 is 2.50 bits per heavy atom. The summed E-state index contributed by atoms with van der Waals surface area (Å²) in [6, 6.07) is 7.94. The van der Waals surface area contributed by atoms with Crippen molar-refractivity contribution in [3.05, 3.63) is 29.8 Å². The Morgan fingerprint density at radius 2 is 1.94 bits per heavy atom. The summed E-state index contributed by atoms with van der Waals surface area (Å²) in [5.41, 5.74) is 0.854. The molecule has 1 aromatic rings. The van der Waals surface area contributed by atoms with Crippen molar-refractivity contribution in [3.63, 3.8) is 0 Å². The number of rotatable bonds is 3. The molecule has 0 saturated heterocycles. The van der Waals surface area contributed by atoms with E-state index in [9.17, 15) is 4.79 Å². The summed E-state index contributed by atoms with van der Waals surface area (Å²) in [7, 11) is 1.66. The third-order valence-corrected chi connectivity index (χ3v) is 4.16. The van der Waals surface area contributed by atoms with Crippen molar-refractivity contribution in [1.29, 1.82) is 0 Å². The molecule has 3 fully saturated rings. The van der Waals surface area contributed by atoms with Crippen LogP contribution in [-0.4, -0.2) is 18.2 Å². The summed E-state index contributed by atoms with van der Waals surface area (Å²) in [6.45, 7) is 0. The zero-order valence-corrected chi connectivity index (χ0v) is 9.19. The maximum absolute atomic E-state index is 11.0. The van der Waals surface area contributed by atoms with Crippen LogP contribution in [0.2, 0.25) is 0 Å². The second kappa shape index (κ2) is 2.78. The van der Waals surface area contributed by atoms with Crippen molar-refractivity contribution < 1.29 is 14.6 Å². The highest BCUT2D eigenvalue weighted by molar-refractivity contribution is 5.81. The molecule has 3 aliphatic carbocycles. The fraction of sp³-hybridized carbons (Fsp3) is 0.462. The topological polar surface area (TPSA) is 46.5 Å². The number of hydrogen-bond acceptors (Lipinski definition) is 2. The van der Waals surface area contributed by atoms with E-state index in [-0.39, 0.29) is 5.41 Å². The lowest BCUT2D eigenvalue weighted by Gasteiger charge is -2.68. The van der Waals surface area contributed by atoms with Crippen LogP contribution in [0.5, 0.6) is 5.75 Å². The van der Waals surface area contributed by atoms with Gasteiger partial charge in [-0.2, -0.15) is 0 Å². The van der Waals surface area contributed by atoms with Crippen LogP contribution in [0.4, 0.5) is 0 Å². The Bertz CT molecular complexity index is 444. The summed E-state index contributed by atoms with van der Waals surface area (Å²) in [5, 5.41) is 9.09. The van der Waals surface area contributed by atoms with Crippen molar-refractivity contribution >= 4 is 5.97 Å². The van der Waals surface area contributed by atoms with Crippen LogP contribution < -0.4 is 4.74 Å². The number of carboxylic acids is 1. The number of ether oxygens (including phenoxy) is 1. The first-order valence-corrected chi connectivity index (χ1v) is 5.49. The summed E-state index contributed by atoms with van der Waals surface area (Å²) in [4.78, 5) is 11.0. The fourth-order valence-electron chi connectivity index (χ4n) is 3.38. The number of para-hydroxylation sites is 1. The van der Waals surface area contributed by atoms with Gasteiger partial charge in [0.15, 0.2) is 0 Å². The summed E-state index contributed by atoms with van der Waals surface area (Å²) >= 11 is 0. The molecule has 3 aliphatic rings. The van der Waals surface area contributed by atoms with Gasteiger partial charge in [-0.1, -0.05) is 18.2 Å². The first kappa shape index (κ1) is 9.70. The van der Waals surface area contributed by atoms with Gasteiger partial charge < -0.3 is 9.84 Å². The standard InChI is InChI=1S/C13H14O3/c1-16-10-5-3-2-4-9(10)12-6-13(7-12,8-12)11(14)15/h2-5H,6-8H2,1H3,(H,14,15). The molecule has 0 amide bonds. The summed E-state index contributed by atoms with van der Waals surface area (Å²) in [6.07, 6.45) is 2.32. The molecule has 0 radical (unpaired) electrons. The van der Waals surface area contributed by atoms with Crippen molar-refractivity contribution in [2.75, 3.05) is 7.11 Å². The summed E-state index contributed by atoms with van der Waals surface area (Å²) < 4.78 is 5.34. The number of benzene rings is 1. The molecule has 2 bridgehead atoms. The second-order valence-corrected chi connectivity index (χ2v) is 5.10. The Balaban J connectivity index is 1.90. The molecule has 84 valence electrons. The molecule has 3 saturated carbocycles. The molecule has 16 heavy (non-hydrogen) atoms. The number of aliphatic carboxylic acids is 1. The SMILES string of the molecule is COc1ccccc1C12CC(C(=O)O)(C1)C2. The van der Waals surface area contributed by atoms with Gasteiger partial charge in [0, 0.05) is 11.0 Å². The van der Waals surface area contributed by atoms with Crippen LogP contribution in [0, 0.1) is 5.41 Å². The predicted octanol–water partition coefficient (Wildman–Crippen LogP) is 2.20. The number of hydrogen-bond donors (Lipinski definition) is 1. The normalized spacial score (nSPS) is 34.8. The van der Waals surface area contributed by atoms with Gasteiger partial charge in [-0.15, -0.1) is 0 Å². The van der Waals surface area contributed by atoms with Crippen LogP contribution in [0.3, 0.4) is 0 Å². The van der Waals surface area contributed by atoms with E-state index in [4.69, 9.17) is 9.84 Å². The number of carboxylic acid groups (broad SMARTS) is 1. The predicted molar refractivity (Wildman–Crippen MR) is 58.6 cm³/mol. The van der Waals surface area contributed by atoms with E-state index < -0.39 is 11.4 Å². The lowest BCUT2D eigenvalue weighted by Crippen LogP contribution is -2.67. The first-order valence-electron chi connectivity index (χ1n) is 5.49. The van der Waals surface area contributed by atoms with E-state index in [0.717, 1.165) is 25.0 Å². The number of methoxy groups -OCH3 is 1. The molecule has 1 N–H and O–H groups in total. The average Bonchev–Trinajstić information content (AvgIpc) is 2.14. The van der Waals surface area contributed by atoms with Gasteiger partial charge in [0.25, 0.3) is 0 Å². The molecular formula is C13H14O3.